The van der Waals surface area contributed by atoms with Crippen molar-refractivity contribution in [3.8, 4) is 0 Å². The number of ether oxygens (including phenoxy) is 1. The van der Waals surface area contributed by atoms with Crippen LogP contribution >= 0.6 is 0 Å². The monoisotopic (exact) mass is 342 g/mol. The minimum Gasteiger partial charge on any atom is -0.461 e. The molecule has 1 N–H and O–H groups in total. The zero-order valence-electron chi connectivity index (χ0n) is 15.6. The average molecular weight is 342 g/mol. The van der Waals surface area contributed by atoms with E-state index >= 15 is 0 Å². The summed E-state index contributed by atoms with van der Waals surface area (Å²) in [6.45, 7) is 10.2. The van der Waals surface area contributed by atoms with Crippen LogP contribution in [0.4, 0.5) is 0 Å². The second-order valence-electron chi connectivity index (χ2n) is 6.36. The number of carbonyl (C=O) groups excluding carboxylic acids is 2. The van der Waals surface area contributed by atoms with Crippen LogP contribution in [0.15, 0.2) is 30.3 Å². The molecule has 134 valence electrons. The third-order valence-electron chi connectivity index (χ3n) is 4.21. The van der Waals surface area contributed by atoms with Gasteiger partial charge >= 0.3 is 5.97 Å². The molecule has 0 spiro atoms. The van der Waals surface area contributed by atoms with E-state index in [2.05, 4.69) is 4.98 Å². The van der Waals surface area contributed by atoms with Crippen LogP contribution in [0.1, 0.15) is 58.4 Å². The number of H-pyrrole nitrogens is 1. The van der Waals surface area contributed by atoms with Crippen LogP contribution in [0.5, 0.6) is 0 Å². The highest BCUT2D eigenvalue weighted by molar-refractivity contribution is 6.01. The van der Waals surface area contributed by atoms with E-state index in [1.165, 1.54) is 0 Å². The lowest BCUT2D eigenvalue weighted by Crippen LogP contribution is -2.37. The Bertz CT molecular complexity index is 748. The summed E-state index contributed by atoms with van der Waals surface area (Å²) < 4.78 is 5.07. The van der Waals surface area contributed by atoms with Gasteiger partial charge in [-0.15, -0.1) is 0 Å². The lowest BCUT2D eigenvalue weighted by atomic mass is 10.1. The highest BCUT2D eigenvalue weighted by atomic mass is 16.5. The first-order valence-corrected chi connectivity index (χ1v) is 8.58. The van der Waals surface area contributed by atoms with Gasteiger partial charge in [0.2, 0.25) is 0 Å². The Hall–Kier alpha value is -2.56. The maximum atomic E-state index is 13.2. The summed E-state index contributed by atoms with van der Waals surface area (Å²) in [5.74, 6) is -0.512. The van der Waals surface area contributed by atoms with Gasteiger partial charge in [0.05, 0.1) is 12.2 Å². The van der Waals surface area contributed by atoms with Crippen molar-refractivity contribution in [2.45, 2.75) is 47.2 Å². The van der Waals surface area contributed by atoms with Crippen molar-refractivity contribution in [2.75, 3.05) is 6.61 Å². The first kappa shape index (κ1) is 18.8. The molecule has 1 heterocycles. The van der Waals surface area contributed by atoms with Gasteiger partial charge in [-0.3, -0.25) is 4.79 Å². The van der Waals surface area contributed by atoms with Crippen molar-refractivity contribution in [1.29, 1.82) is 0 Å². The minimum absolute atomic E-state index is 0.0347. The summed E-state index contributed by atoms with van der Waals surface area (Å²) in [7, 11) is 0. The Morgan fingerprint density at radius 1 is 1.16 bits per heavy atom. The number of aryl methyl sites for hydroxylation is 1. The molecule has 5 nitrogen and oxygen atoms in total. The summed E-state index contributed by atoms with van der Waals surface area (Å²) in [5, 5.41) is 0. The molecule has 1 amide bonds. The quantitative estimate of drug-likeness (QED) is 0.811. The van der Waals surface area contributed by atoms with Gasteiger partial charge in [0.15, 0.2) is 0 Å². The van der Waals surface area contributed by atoms with E-state index in [0.29, 0.717) is 35.7 Å². The SMILES string of the molecule is CCOC(=O)c1[nH]c(C)c(C(=O)N(Cc2ccccc2)C(C)C)c1C. The predicted octanol–water partition coefficient (Wildman–Crippen LogP) is 3.86. The molecule has 0 atom stereocenters. The van der Waals surface area contributed by atoms with Crippen molar-refractivity contribution < 1.29 is 14.3 Å². The number of aromatic amines is 1. The van der Waals surface area contributed by atoms with Gasteiger partial charge in [-0.1, -0.05) is 30.3 Å². The second-order valence-corrected chi connectivity index (χ2v) is 6.36. The third-order valence-corrected chi connectivity index (χ3v) is 4.21. The van der Waals surface area contributed by atoms with Crippen molar-refractivity contribution in [2.24, 2.45) is 0 Å². The van der Waals surface area contributed by atoms with Crippen LogP contribution < -0.4 is 0 Å². The molecule has 1 aromatic carbocycles. The molecule has 0 saturated carbocycles. The highest BCUT2D eigenvalue weighted by Crippen LogP contribution is 2.23. The molecule has 0 fully saturated rings. The largest absolute Gasteiger partial charge is 0.461 e. The van der Waals surface area contributed by atoms with Crippen LogP contribution in [0.25, 0.3) is 0 Å². The van der Waals surface area contributed by atoms with Crippen molar-refractivity contribution >= 4 is 11.9 Å². The number of benzene rings is 1. The normalized spacial score (nSPS) is 10.8. The Balaban J connectivity index is 2.35. The Labute approximate surface area is 149 Å². The van der Waals surface area contributed by atoms with E-state index in [4.69, 9.17) is 4.74 Å². The van der Waals surface area contributed by atoms with Crippen LogP contribution in [0.2, 0.25) is 0 Å². The van der Waals surface area contributed by atoms with E-state index in [1.807, 2.05) is 56.0 Å². The molecule has 0 radical (unpaired) electrons. The number of nitrogens with zero attached hydrogens (tertiary/aromatic N) is 1. The van der Waals surface area contributed by atoms with Gasteiger partial charge in [0.25, 0.3) is 5.91 Å². The molecule has 25 heavy (non-hydrogen) atoms. The first-order chi connectivity index (χ1) is 11.9. The fraction of sp³-hybridized carbons (Fsp3) is 0.400. The van der Waals surface area contributed by atoms with Crippen molar-refractivity contribution in [3.05, 3.63) is 58.4 Å². The Morgan fingerprint density at radius 3 is 2.36 bits per heavy atom. The number of amides is 1. The molecule has 0 saturated heterocycles. The van der Waals surface area contributed by atoms with E-state index in [0.717, 1.165) is 5.56 Å². The molecule has 1 aromatic heterocycles. The molecular weight excluding hydrogens is 316 g/mol. The lowest BCUT2D eigenvalue weighted by Gasteiger charge is -2.27. The van der Waals surface area contributed by atoms with Gasteiger partial charge in [0, 0.05) is 18.3 Å². The van der Waals surface area contributed by atoms with Gasteiger partial charge in [0.1, 0.15) is 5.69 Å². The number of carbonyl (C=O) groups is 2. The molecule has 0 aliphatic carbocycles. The van der Waals surface area contributed by atoms with E-state index in [9.17, 15) is 9.59 Å². The van der Waals surface area contributed by atoms with Crippen LogP contribution in [0, 0.1) is 13.8 Å². The summed E-state index contributed by atoms with van der Waals surface area (Å²) in [6, 6.07) is 9.92. The first-order valence-electron chi connectivity index (χ1n) is 8.58. The smallest absolute Gasteiger partial charge is 0.355 e. The third kappa shape index (κ3) is 4.10. The minimum atomic E-state index is -0.429. The molecule has 0 aliphatic rings. The maximum absolute atomic E-state index is 13.2. The summed E-state index contributed by atoms with van der Waals surface area (Å²) in [6.07, 6.45) is 0. The number of aromatic nitrogens is 1. The van der Waals surface area contributed by atoms with E-state index < -0.39 is 5.97 Å². The van der Waals surface area contributed by atoms with Gasteiger partial charge in [-0.2, -0.15) is 0 Å². The molecule has 0 aliphatic heterocycles. The summed E-state index contributed by atoms with van der Waals surface area (Å²) in [4.78, 5) is 30.1. The molecule has 0 unspecified atom stereocenters. The topological polar surface area (TPSA) is 62.4 Å². The zero-order chi connectivity index (χ0) is 18.6. The molecular formula is C20H26N2O3. The highest BCUT2D eigenvalue weighted by Gasteiger charge is 2.27. The Kier molecular flexibility index (Phi) is 6.02. The summed E-state index contributed by atoms with van der Waals surface area (Å²) >= 11 is 0. The summed E-state index contributed by atoms with van der Waals surface area (Å²) in [5.41, 5.74) is 3.30. The molecule has 2 rings (SSSR count). The van der Waals surface area contributed by atoms with Crippen LogP contribution in [-0.4, -0.2) is 34.4 Å². The number of rotatable bonds is 6. The van der Waals surface area contributed by atoms with Crippen LogP contribution in [0.3, 0.4) is 0 Å². The number of hydrogen-bond acceptors (Lipinski definition) is 3. The number of esters is 1. The molecule has 2 aromatic rings. The molecule has 0 bridgehead atoms. The van der Waals surface area contributed by atoms with Gasteiger partial charge < -0.3 is 14.6 Å². The number of hydrogen-bond donors (Lipinski definition) is 1. The van der Waals surface area contributed by atoms with Crippen molar-refractivity contribution in [3.63, 3.8) is 0 Å². The fourth-order valence-corrected chi connectivity index (χ4v) is 2.89. The Morgan fingerprint density at radius 2 is 1.80 bits per heavy atom. The predicted molar refractivity (Wildman–Crippen MR) is 97.7 cm³/mol. The second kappa shape index (κ2) is 8.01. The average Bonchev–Trinajstić information content (AvgIpc) is 2.87. The zero-order valence-corrected chi connectivity index (χ0v) is 15.6. The van der Waals surface area contributed by atoms with E-state index in [-0.39, 0.29) is 11.9 Å². The van der Waals surface area contributed by atoms with Gasteiger partial charge in [-0.05, 0) is 45.7 Å². The molecule has 5 heteroatoms. The van der Waals surface area contributed by atoms with E-state index in [1.54, 1.807) is 13.8 Å². The number of nitrogens with one attached hydrogen (secondary N) is 1. The van der Waals surface area contributed by atoms with Gasteiger partial charge in [-0.25, -0.2) is 4.79 Å². The standard InChI is InChI=1S/C20H26N2O3/c1-6-25-20(24)18-14(4)17(15(5)21-18)19(23)22(13(2)3)12-16-10-8-7-9-11-16/h7-11,13,21H,6,12H2,1-5H3. The van der Waals surface area contributed by atoms with Crippen LogP contribution in [-0.2, 0) is 11.3 Å². The lowest BCUT2D eigenvalue weighted by molar-refractivity contribution is 0.0519. The van der Waals surface area contributed by atoms with Crippen molar-refractivity contribution in [1.82, 2.24) is 9.88 Å². The fourth-order valence-electron chi connectivity index (χ4n) is 2.89. The maximum Gasteiger partial charge on any atom is 0.355 e.